The Hall–Kier alpha value is -4.18. The lowest BCUT2D eigenvalue weighted by molar-refractivity contribution is 0.203. The second kappa shape index (κ2) is 8.16. The average molecular weight is 426 g/mol. The van der Waals surface area contributed by atoms with Crippen molar-refractivity contribution in [1.29, 1.82) is 5.26 Å². The van der Waals surface area contributed by atoms with Crippen molar-refractivity contribution < 1.29 is 14.3 Å². The maximum atomic E-state index is 13.7. The van der Waals surface area contributed by atoms with Gasteiger partial charge in [-0.25, -0.2) is 4.79 Å². The third-order valence-corrected chi connectivity index (χ3v) is 5.82. The lowest BCUT2D eigenvalue weighted by Crippen LogP contribution is -2.52. The van der Waals surface area contributed by atoms with Gasteiger partial charge in [0.05, 0.1) is 35.8 Å². The van der Waals surface area contributed by atoms with Crippen LogP contribution in [0.4, 0.5) is 21.9 Å². The Morgan fingerprint density at radius 3 is 2.34 bits per heavy atom. The number of carbonyl (C=O) groups excluding carboxylic acids is 1. The molecule has 1 fully saturated rings. The van der Waals surface area contributed by atoms with E-state index >= 15 is 0 Å². The molecule has 160 valence electrons. The van der Waals surface area contributed by atoms with Gasteiger partial charge >= 0.3 is 6.03 Å². The molecule has 0 aliphatic carbocycles. The lowest BCUT2D eigenvalue weighted by atomic mass is 10.1. The SMILES string of the molecule is COc1ccccc1N1CCN(C(=O)N2c3ccccc3Oc3cc(C#N)ccc32)CC1. The molecule has 0 atom stereocenters. The highest BCUT2D eigenvalue weighted by atomic mass is 16.5. The van der Waals surface area contributed by atoms with Crippen molar-refractivity contribution in [1.82, 2.24) is 4.90 Å². The van der Waals surface area contributed by atoms with E-state index in [4.69, 9.17) is 9.47 Å². The standard InChI is InChI=1S/C25H22N4O3/c1-31-22-8-4-2-6-19(22)27-12-14-28(15-13-27)25(30)29-20-7-3-5-9-23(20)32-24-16-18(17-26)10-11-21(24)29/h2-11,16H,12-15H2,1H3. The number of methoxy groups -OCH3 is 1. The van der Waals surface area contributed by atoms with Gasteiger partial charge in [0.1, 0.15) is 5.75 Å². The van der Waals surface area contributed by atoms with Gasteiger partial charge in [-0.3, -0.25) is 4.90 Å². The van der Waals surface area contributed by atoms with Gasteiger partial charge in [-0.15, -0.1) is 0 Å². The molecule has 0 saturated carbocycles. The molecule has 2 amide bonds. The fourth-order valence-corrected chi connectivity index (χ4v) is 4.20. The van der Waals surface area contributed by atoms with Crippen molar-refractivity contribution in [2.45, 2.75) is 0 Å². The molecule has 5 rings (SSSR count). The Labute approximate surface area is 186 Å². The molecule has 2 aliphatic heterocycles. The molecule has 0 aromatic heterocycles. The highest BCUT2D eigenvalue weighted by Crippen LogP contribution is 2.47. The van der Waals surface area contributed by atoms with Crippen LogP contribution in [0.3, 0.4) is 0 Å². The van der Waals surface area contributed by atoms with Gasteiger partial charge in [-0.2, -0.15) is 5.26 Å². The number of anilines is 3. The predicted octanol–water partition coefficient (Wildman–Crippen LogP) is 4.75. The summed E-state index contributed by atoms with van der Waals surface area (Å²) in [5, 5.41) is 9.26. The predicted molar refractivity (Wildman–Crippen MR) is 122 cm³/mol. The van der Waals surface area contributed by atoms with Gasteiger partial charge in [0.2, 0.25) is 0 Å². The zero-order valence-electron chi connectivity index (χ0n) is 17.7. The summed E-state index contributed by atoms with van der Waals surface area (Å²) in [6.07, 6.45) is 0. The van der Waals surface area contributed by atoms with E-state index in [9.17, 15) is 10.1 Å². The van der Waals surface area contributed by atoms with Crippen molar-refractivity contribution in [3.05, 3.63) is 72.3 Å². The molecule has 0 N–H and O–H groups in total. The van der Waals surface area contributed by atoms with Crippen LogP contribution in [0.1, 0.15) is 5.56 Å². The average Bonchev–Trinajstić information content (AvgIpc) is 2.86. The first-order valence-corrected chi connectivity index (χ1v) is 10.5. The normalized spacial score (nSPS) is 14.7. The smallest absolute Gasteiger partial charge is 0.329 e. The molecule has 0 radical (unpaired) electrons. The van der Waals surface area contributed by atoms with E-state index in [0.29, 0.717) is 54.6 Å². The number of hydrogen-bond donors (Lipinski definition) is 0. The van der Waals surface area contributed by atoms with Gasteiger partial charge in [0.25, 0.3) is 0 Å². The Balaban J connectivity index is 1.41. The Morgan fingerprint density at radius 1 is 0.906 bits per heavy atom. The van der Waals surface area contributed by atoms with Gasteiger partial charge in [0.15, 0.2) is 11.5 Å². The summed E-state index contributed by atoms with van der Waals surface area (Å²) in [7, 11) is 1.67. The van der Waals surface area contributed by atoms with Crippen molar-refractivity contribution in [2.75, 3.05) is 43.1 Å². The molecule has 3 aromatic rings. The van der Waals surface area contributed by atoms with Crippen molar-refractivity contribution in [3.63, 3.8) is 0 Å². The summed E-state index contributed by atoms with van der Waals surface area (Å²) in [5.74, 6) is 1.93. The molecule has 0 bridgehead atoms. The van der Waals surface area contributed by atoms with Crippen molar-refractivity contribution in [3.8, 4) is 23.3 Å². The monoisotopic (exact) mass is 426 g/mol. The maximum absolute atomic E-state index is 13.7. The number of piperazine rings is 1. The minimum atomic E-state index is -0.105. The minimum Gasteiger partial charge on any atom is -0.495 e. The number of nitriles is 1. The highest BCUT2D eigenvalue weighted by Gasteiger charge is 2.34. The number of fused-ring (bicyclic) bond motifs is 2. The van der Waals surface area contributed by atoms with E-state index in [0.717, 1.165) is 11.4 Å². The number of rotatable bonds is 2. The second-order valence-corrected chi connectivity index (χ2v) is 7.63. The van der Waals surface area contributed by atoms with Crippen LogP contribution in [0.5, 0.6) is 17.2 Å². The number of nitrogens with zero attached hydrogens (tertiary/aromatic N) is 4. The van der Waals surface area contributed by atoms with Crippen LogP contribution in [0.25, 0.3) is 0 Å². The maximum Gasteiger partial charge on any atom is 0.329 e. The Bertz CT molecular complexity index is 1210. The quantitative estimate of drug-likeness (QED) is 0.591. The first kappa shape index (κ1) is 19.8. The fourth-order valence-electron chi connectivity index (χ4n) is 4.20. The van der Waals surface area contributed by atoms with Crippen LogP contribution >= 0.6 is 0 Å². The van der Waals surface area contributed by atoms with E-state index in [1.807, 2.05) is 53.4 Å². The molecule has 7 heteroatoms. The van der Waals surface area contributed by atoms with Gasteiger partial charge in [-0.05, 0) is 36.4 Å². The van der Waals surface area contributed by atoms with Crippen molar-refractivity contribution in [2.24, 2.45) is 0 Å². The van der Waals surface area contributed by atoms with Gasteiger partial charge < -0.3 is 19.3 Å². The van der Waals surface area contributed by atoms with E-state index < -0.39 is 0 Å². The van der Waals surface area contributed by atoms with E-state index in [1.165, 1.54) is 0 Å². The number of amides is 2. The molecule has 2 aliphatic rings. The molecule has 7 nitrogen and oxygen atoms in total. The van der Waals surface area contributed by atoms with Crippen molar-refractivity contribution >= 4 is 23.1 Å². The molecule has 2 heterocycles. The first-order chi connectivity index (χ1) is 15.7. The molecular weight excluding hydrogens is 404 g/mol. The largest absolute Gasteiger partial charge is 0.495 e. The van der Waals surface area contributed by atoms with Gasteiger partial charge in [0, 0.05) is 32.2 Å². The molecule has 32 heavy (non-hydrogen) atoms. The van der Waals surface area contributed by atoms with Gasteiger partial charge in [-0.1, -0.05) is 24.3 Å². The summed E-state index contributed by atoms with van der Waals surface area (Å²) in [6.45, 7) is 2.58. The molecular formula is C25H22N4O3. The van der Waals surface area contributed by atoms with Crippen LogP contribution < -0.4 is 19.3 Å². The van der Waals surface area contributed by atoms with E-state index in [2.05, 4.69) is 11.0 Å². The third kappa shape index (κ3) is 3.36. The zero-order chi connectivity index (χ0) is 22.1. The third-order valence-electron chi connectivity index (χ3n) is 5.82. The number of benzene rings is 3. The first-order valence-electron chi connectivity index (χ1n) is 10.5. The van der Waals surface area contributed by atoms with E-state index in [-0.39, 0.29) is 6.03 Å². The highest BCUT2D eigenvalue weighted by molar-refractivity contribution is 6.03. The van der Waals surface area contributed by atoms with Crippen LogP contribution in [0.2, 0.25) is 0 Å². The lowest BCUT2D eigenvalue weighted by Gasteiger charge is -2.40. The minimum absolute atomic E-state index is 0.105. The Morgan fingerprint density at radius 2 is 1.59 bits per heavy atom. The number of para-hydroxylation sites is 4. The zero-order valence-corrected chi connectivity index (χ0v) is 17.7. The summed E-state index contributed by atoms with van der Waals surface area (Å²) < 4.78 is 11.5. The molecule has 3 aromatic carbocycles. The number of ether oxygens (including phenoxy) is 2. The van der Waals surface area contributed by atoms with Crippen LogP contribution in [-0.2, 0) is 0 Å². The number of hydrogen-bond acceptors (Lipinski definition) is 5. The summed E-state index contributed by atoms with van der Waals surface area (Å²) >= 11 is 0. The molecule has 0 unspecified atom stereocenters. The van der Waals surface area contributed by atoms with Crippen LogP contribution in [-0.4, -0.2) is 44.2 Å². The van der Waals surface area contributed by atoms with E-state index in [1.54, 1.807) is 30.2 Å². The molecule has 0 spiro atoms. The van der Waals surface area contributed by atoms with Crippen LogP contribution in [0, 0.1) is 11.3 Å². The fraction of sp³-hybridized carbons (Fsp3) is 0.200. The Kier molecular flexibility index (Phi) is 5.04. The summed E-state index contributed by atoms with van der Waals surface area (Å²) in [6, 6.07) is 22.6. The number of carbonyl (C=O) groups is 1. The number of urea groups is 1. The molecule has 1 saturated heterocycles. The second-order valence-electron chi connectivity index (χ2n) is 7.63. The topological polar surface area (TPSA) is 69.0 Å². The van der Waals surface area contributed by atoms with Crippen LogP contribution in [0.15, 0.2) is 66.7 Å². The summed E-state index contributed by atoms with van der Waals surface area (Å²) in [5.41, 5.74) is 2.86. The summed E-state index contributed by atoms with van der Waals surface area (Å²) in [4.78, 5) is 19.5.